The number of hydrogen-bond acceptors (Lipinski definition) is 4. The number of nitrogens with one attached hydrogen (secondary N) is 2. The minimum Gasteiger partial charge on any atom is -0.481 e. The Kier molecular flexibility index (Phi) is 5.17. The van der Waals surface area contributed by atoms with Crippen LogP contribution in [-0.2, 0) is 4.79 Å². The van der Waals surface area contributed by atoms with Crippen molar-refractivity contribution in [1.29, 1.82) is 0 Å². The van der Waals surface area contributed by atoms with Crippen LogP contribution in [0.15, 0.2) is 11.6 Å². The fourth-order valence-corrected chi connectivity index (χ4v) is 3.64. The molecule has 1 saturated carbocycles. The molecule has 7 heteroatoms. The van der Waals surface area contributed by atoms with Crippen molar-refractivity contribution < 1.29 is 14.7 Å². The highest BCUT2D eigenvalue weighted by molar-refractivity contribution is 7.09. The summed E-state index contributed by atoms with van der Waals surface area (Å²) in [4.78, 5) is 27.5. The Labute approximate surface area is 128 Å². The Bertz CT molecular complexity index is 484. The third kappa shape index (κ3) is 4.17. The van der Waals surface area contributed by atoms with Gasteiger partial charge in [-0.3, -0.25) is 4.79 Å². The highest BCUT2D eigenvalue weighted by Crippen LogP contribution is 2.32. The number of thiazole rings is 1. The quantitative estimate of drug-likeness (QED) is 0.753. The zero-order chi connectivity index (χ0) is 15.3. The second-order valence-electron chi connectivity index (χ2n) is 5.49. The van der Waals surface area contributed by atoms with E-state index in [0.717, 1.165) is 37.1 Å². The molecule has 1 fully saturated rings. The molecule has 21 heavy (non-hydrogen) atoms. The van der Waals surface area contributed by atoms with Crippen LogP contribution in [0.2, 0.25) is 0 Å². The first-order chi connectivity index (χ1) is 10.0. The molecule has 1 atom stereocenters. The molecule has 0 aromatic carbocycles. The number of carboxylic acids is 1. The number of carbonyl (C=O) groups is 2. The van der Waals surface area contributed by atoms with Gasteiger partial charge in [0.25, 0.3) is 0 Å². The Morgan fingerprint density at radius 3 is 2.71 bits per heavy atom. The lowest BCUT2D eigenvalue weighted by atomic mass is 9.93. The van der Waals surface area contributed by atoms with E-state index in [1.165, 1.54) is 11.3 Å². The fraction of sp³-hybridized carbons (Fsp3) is 0.643. The van der Waals surface area contributed by atoms with Gasteiger partial charge >= 0.3 is 12.0 Å². The molecule has 2 amide bonds. The van der Waals surface area contributed by atoms with Crippen LogP contribution in [0.5, 0.6) is 0 Å². The van der Waals surface area contributed by atoms with Crippen LogP contribution in [0.1, 0.15) is 56.5 Å². The Hall–Kier alpha value is -1.63. The van der Waals surface area contributed by atoms with Crippen LogP contribution in [0.25, 0.3) is 0 Å². The normalized spacial score (nSPS) is 18.1. The van der Waals surface area contributed by atoms with Crippen molar-refractivity contribution in [3.05, 3.63) is 16.6 Å². The van der Waals surface area contributed by atoms with E-state index in [2.05, 4.69) is 15.6 Å². The number of hydrogen-bond donors (Lipinski definition) is 3. The molecule has 1 aliphatic rings. The topological polar surface area (TPSA) is 91.3 Å². The first kappa shape index (κ1) is 15.8. The van der Waals surface area contributed by atoms with E-state index >= 15 is 0 Å². The first-order valence-electron chi connectivity index (χ1n) is 7.24. The molecule has 0 bridgehead atoms. The summed E-state index contributed by atoms with van der Waals surface area (Å²) in [5.41, 5.74) is -0.600. The Morgan fingerprint density at radius 1 is 1.48 bits per heavy atom. The van der Waals surface area contributed by atoms with Gasteiger partial charge < -0.3 is 15.7 Å². The maximum atomic E-state index is 12.2. The van der Waals surface area contributed by atoms with Crippen molar-refractivity contribution in [2.24, 2.45) is 0 Å². The average molecular weight is 311 g/mol. The molecule has 2 rings (SSSR count). The van der Waals surface area contributed by atoms with E-state index in [-0.39, 0.29) is 18.5 Å². The Balaban J connectivity index is 1.97. The number of aromatic nitrogens is 1. The summed E-state index contributed by atoms with van der Waals surface area (Å²) < 4.78 is 0. The number of carbonyl (C=O) groups excluding carboxylic acids is 1. The molecule has 1 heterocycles. The summed E-state index contributed by atoms with van der Waals surface area (Å²) in [5, 5.41) is 17.6. The summed E-state index contributed by atoms with van der Waals surface area (Å²) in [5.74, 6) is -0.871. The third-order valence-corrected chi connectivity index (χ3v) is 4.78. The van der Waals surface area contributed by atoms with E-state index in [9.17, 15) is 9.59 Å². The highest BCUT2D eigenvalue weighted by atomic mass is 32.1. The molecule has 0 aliphatic heterocycles. The average Bonchev–Trinajstić information content (AvgIpc) is 3.07. The second kappa shape index (κ2) is 6.89. The molecule has 1 unspecified atom stereocenters. The second-order valence-corrected chi connectivity index (χ2v) is 6.41. The van der Waals surface area contributed by atoms with E-state index in [0.29, 0.717) is 0 Å². The van der Waals surface area contributed by atoms with Crippen molar-refractivity contribution in [2.75, 3.05) is 0 Å². The number of carboxylic acid groups (broad SMARTS) is 1. The van der Waals surface area contributed by atoms with Crippen LogP contribution in [0, 0.1) is 0 Å². The number of nitrogens with zero attached hydrogens (tertiary/aromatic N) is 1. The highest BCUT2D eigenvalue weighted by Gasteiger charge is 2.37. The van der Waals surface area contributed by atoms with Crippen LogP contribution < -0.4 is 10.6 Å². The van der Waals surface area contributed by atoms with Crippen molar-refractivity contribution in [3.8, 4) is 0 Å². The van der Waals surface area contributed by atoms with E-state index in [1.807, 2.05) is 12.3 Å². The predicted octanol–water partition coefficient (Wildman–Crippen LogP) is 2.68. The van der Waals surface area contributed by atoms with Gasteiger partial charge in [0.15, 0.2) is 0 Å². The lowest BCUT2D eigenvalue weighted by Crippen LogP contribution is -2.52. The molecular weight excluding hydrogens is 290 g/mol. The van der Waals surface area contributed by atoms with Crippen LogP contribution in [-0.4, -0.2) is 27.6 Å². The summed E-state index contributed by atoms with van der Waals surface area (Å²) in [7, 11) is 0. The van der Waals surface area contributed by atoms with Gasteiger partial charge in [-0.1, -0.05) is 19.8 Å². The van der Waals surface area contributed by atoms with Gasteiger partial charge in [0, 0.05) is 11.6 Å². The molecule has 1 aromatic rings. The minimum atomic E-state index is -0.871. The zero-order valence-corrected chi connectivity index (χ0v) is 12.9. The van der Waals surface area contributed by atoms with Gasteiger partial charge in [0.05, 0.1) is 18.0 Å². The van der Waals surface area contributed by atoms with E-state index in [4.69, 9.17) is 5.11 Å². The number of amides is 2. The molecular formula is C14H21N3O3S. The molecule has 0 radical (unpaired) electrons. The Morgan fingerprint density at radius 2 is 2.19 bits per heavy atom. The largest absolute Gasteiger partial charge is 0.481 e. The van der Waals surface area contributed by atoms with Gasteiger partial charge in [0.2, 0.25) is 0 Å². The maximum absolute atomic E-state index is 12.2. The molecule has 1 aromatic heterocycles. The number of rotatable bonds is 6. The minimum absolute atomic E-state index is 0.0194. The molecule has 116 valence electrons. The van der Waals surface area contributed by atoms with Crippen LogP contribution >= 0.6 is 11.3 Å². The first-order valence-corrected chi connectivity index (χ1v) is 8.12. The summed E-state index contributed by atoms with van der Waals surface area (Å²) in [6.45, 7) is 1.98. The smallest absolute Gasteiger partial charge is 0.315 e. The van der Waals surface area contributed by atoms with Gasteiger partial charge in [-0.05, 0) is 19.3 Å². The van der Waals surface area contributed by atoms with Gasteiger partial charge in [-0.2, -0.15) is 0 Å². The summed E-state index contributed by atoms with van der Waals surface area (Å²) in [6.07, 6.45) is 5.79. The predicted molar refractivity (Wildman–Crippen MR) is 80.3 cm³/mol. The molecule has 3 N–H and O–H groups in total. The summed E-state index contributed by atoms with van der Waals surface area (Å²) in [6, 6.07) is -0.437. The van der Waals surface area contributed by atoms with Crippen molar-refractivity contribution in [2.45, 2.75) is 57.0 Å². The maximum Gasteiger partial charge on any atom is 0.315 e. The van der Waals surface area contributed by atoms with Gasteiger partial charge in [-0.25, -0.2) is 9.78 Å². The molecule has 1 aliphatic carbocycles. The van der Waals surface area contributed by atoms with Crippen molar-refractivity contribution >= 4 is 23.3 Å². The molecule has 0 spiro atoms. The standard InChI is InChI=1S/C14H21N3O3S/c1-2-10(12-15-7-8-21-12)16-13(20)17-14(9-11(18)19)5-3-4-6-14/h7-8,10H,2-6,9H2,1H3,(H,18,19)(H2,16,17,20). The van der Waals surface area contributed by atoms with Crippen LogP contribution in [0.3, 0.4) is 0 Å². The zero-order valence-electron chi connectivity index (χ0n) is 12.1. The van der Waals surface area contributed by atoms with E-state index < -0.39 is 11.5 Å². The van der Waals surface area contributed by atoms with Crippen LogP contribution in [0.4, 0.5) is 4.79 Å². The number of urea groups is 1. The fourth-order valence-electron chi connectivity index (χ4n) is 2.87. The SMILES string of the molecule is CCC(NC(=O)NC1(CC(=O)O)CCCC1)c1nccs1. The molecule has 0 saturated heterocycles. The lowest BCUT2D eigenvalue weighted by molar-refractivity contribution is -0.138. The van der Waals surface area contributed by atoms with E-state index in [1.54, 1.807) is 6.20 Å². The number of aliphatic carboxylic acids is 1. The van der Waals surface area contributed by atoms with Gasteiger partial charge in [0.1, 0.15) is 5.01 Å². The summed E-state index contributed by atoms with van der Waals surface area (Å²) >= 11 is 1.50. The van der Waals surface area contributed by atoms with Gasteiger partial charge in [-0.15, -0.1) is 11.3 Å². The monoisotopic (exact) mass is 311 g/mol. The molecule has 6 nitrogen and oxygen atoms in total. The third-order valence-electron chi connectivity index (χ3n) is 3.89. The van der Waals surface area contributed by atoms with Crippen molar-refractivity contribution in [3.63, 3.8) is 0 Å². The lowest BCUT2D eigenvalue weighted by Gasteiger charge is -2.29. The van der Waals surface area contributed by atoms with Crippen molar-refractivity contribution in [1.82, 2.24) is 15.6 Å².